The van der Waals surface area contributed by atoms with Crippen molar-refractivity contribution in [2.75, 3.05) is 0 Å². The van der Waals surface area contributed by atoms with Crippen molar-refractivity contribution >= 4 is 0 Å². The minimum Gasteiger partial charge on any atom is -0.226 e. The number of aromatic nitrogens is 4. The molecule has 13 heavy (non-hydrogen) atoms. The van der Waals surface area contributed by atoms with Crippen molar-refractivity contribution in [3.63, 3.8) is 0 Å². The molecule has 2 aromatic rings. The van der Waals surface area contributed by atoms with E-state index in [-0.39, 0.29) is 0 Å². The number of hydrogen-bond donors (Lipinski definition) is 0. The minimum atomic E-state index is 0.775. The lowest BCUT2D eigenvalue weighted by Gasteiger charge is -1.99. The van der Waals surface area contributed by atoms with Crippen LogP contribution in [0.5, 0.6) is 0 Å². The van der Waals surface area contributed by atoms with E-state index in [2.05, 4.69) is 21.6 Å². The molecule has 1 heterocycles. The van der Waals surface area contributed by atoms with Crippen LogP contribution in [-0.4, -0.2) is 20.2 Å². The average molecular weight is 173 g/mol. The zero-order valence-electron chi connectivity index (χ0n) is 7.31. The monoisotopic (exact) mass is 173 g/mol. The van der Waals surface area contributed by atoms with Gasteiger partial charge >= 0.3 is 0 Å². The highest BCUT2D eigenvalue weighted by atomic mass is 15.5. The molecule has 0 saturated heterocycles. The molecule has 4 nitrogen and oxygen atoms in total. The largest absolute Gasteiger partial charge is 0.226 e. The molecule has 0 N–H and O–H groups in total. The highest BCUT2D eigenvalue weighted by Crippen LogP contribution is 2.13. The zero-order valence-corrected chi connectivity index (χ0v) is 7.31. The van der Waals surface area contributed by atoms with Gasteiger partial charge in [-0.25, -0.2) is 4.68 Å². The molecule has 0 unspecified atom stereocenters. The minimum absolute atomic E-state index is 0.775. The third-order valence-corrected chi connectivity index (χ3v) is 1.80. The summed E-state index contributed by atoms with van der Waals surface area (Å²) < 4.78 is 1.75. The summed E-state index contributed by atoms with van der Waals surface area (Å²) in [4.78, 5) is 0. The van der Waals surface area contributed by atoms with Gasteiger partial charge in [-0.1, -0.05) is 18.2 Å². The first-order chi connectivity index (χ1) is 6.42. The highest BCUT2D eigenvalue weighted by molar-refractivity contribution is 5.53. The van der Waals surface area contributed by atoms with Crippen molar-refractivity contribution in [1.29, 1.82) is 0 Å². The van der Waals surface area contributed by atoms with Crippen molar-refractivity contribution < 1.29 is 0 Å². The van der Waals surface area contributed by atoms with E-state index >= 15 is 0 Å². The molecule has 0 saturated carbocycles. The summed E-state index contributed by atoms with van der Waals surface area (Å²) >= 11 is 0. The van der Waals surface area contributed by atoms with Gasteiger partial charge in [-0.05, 0) is 29.5 Å². The van der Waals surface area contributed by atoms with Crippen LogP contribution in [0.25, 0.3) is 11.4 Å². The maximum atomic E-state index is 3.94. The maximum absolute atomic E-state index is 3.94. The van der Waals surface area contributed by atoms with Gasteiger partial charge in [0, 0.05) is 12.1 Å². The summed E-state index contributed by atoms with van der Waals surface area (Å²) in [5.41, 5.74) is 0.995. The second-order valence-electron chi connectivity index (χ2n) is 2.61. The number of nitrogens with zero attached hydrogens (tertiary/aromatic N) is 4. The standard InChI is InChI=1S/C9H9N4/c1-2-13-9(10-11-12-13)8-6-4-3-5-7-8/h3-4,6-7H,2H2,1H3. The van der Waals surface area contributed by atoms with E-state index in [4.69, 9.17) is 0 Å². The average Bonchev–Trinajstić information content (AvgIpc) is 2.67. The fraction of sp³-hybridized carbons (Fsp3) is 0.222. The molecule has 0 bridgehead atoms. The molecule has 65 valence electrons. The fourth-order valence-electron chi connectivity index (χ4n) is 1.16. The van der Waals surface area contributed by atoms with Gasteiger partial charge in [0.05, 0.1) is 0 Å². The Morgan fingerprint density at radius 2 is 2.46 bits per heavy atom. The van der Waals surface area contributed by atoms with Crippen molar-refractivity contribution in [3.05, 3.63) is 30.3 Å². The molecule has 4 heteroatoms. The molecular formula is C9H9N4. The van der Waals surface area contributed by atoms with Crippen LogP contribution < -0.4 is 0 Å². The van der Waals surface area contributed by atoms with Gasteiger partial charge in [0.2, 0.25) is 0 Å². The van der Waals surface area contributed by atoms with E-state index in [1.54, 1.807) is 4.68 Å². The molecule has 0 fully saturated rings. The van der Waals surface area contributed by atoms with Crippen LogP contribution in [-0.2, 0) is 6.54 Å². The Kier molecular flexibility index (Phi) is 2.04. The van der Waals surface area contributed by atoms with Gasteiger partial charge < -0.3 is 0 Å². The molecule has 0 atom stereocenters. The van der Waals surface area contributed by atoms with Crippen molar-refractivity contribution in [2.45, 2.75) is 13.5 Å². The van der Waals surface area contributed by atoms with Crippen LogP contribution in [0.4, 0.5) is 0 Å². The second kappa shape index (κ2) is 3.35. The molecule has 2 rings (SSSR count). The first-order valence-corrected chi connectivity index (χ1v) is 4.14. The Hall–Kier alpha value is -1.71. The number of benzene rings is 1. The lowest BCUT2D eigenvalue weighted by Crippen LogP contribution is -1.99. The Morgan fingerprint density at radius 3 is 3.15 bits per heavy atom. The summed E-state index contributed by atoms with van der Waals surface area (Å²) in [6.07, 6.45) is 0. The summed E-state index contributed by atoms with van der Waals surface area (Å²) in [6.45, 7) is 2.78. The van der Waals surface area contributed by atoms with E-state index in [1.807, 2.05) is 31.2 Å². The van der Waals surface area contributed by atoms with Crippen LogP contribution in [0.2, 0.25) is 0 Å². The third kappa shape index (κ3) is 1.42. The first-order valence-electron chi connectivity index (χ1n) is 4.14. The lowest BCUT2D eigenvalue weighted by atomic mass is 10.2. The first kappa shape index (κ1) is 7.91. The molecule has 1 radical (unpaired) electrons. The van der Waals surface area contributed by atoms with E-state index in [9.17, 15) is 0 Å². The van der Waals surface area contributed by atoms with Gasteiger partial charge in [-0.2, -0.15) is 0 Å². The lowest BCUT2D eigenvalue weighted by molar-refractivity contribution is 0.631. The summed E-state index contributed by atoms with van der Waals surface area (Å²) in [7, 11) is 0. The third-order valence-electron chi connectivity index (χ3n) is 1.80. The Bertz CT molecular complexity index is 380. The van der Waals surface area contributed by atoms with Crippen LogP contribution in [0.3, 0.4) is 0 Å². The number of rotatable bonds is 2. The quantitative estimate of drug-likeness (QED) is 0.684. The molecule has 0 aliphatic carbocycles. The molecule has 1 aromatic heterocycles. The SMILES string of the molecule is CCn1nnnc1-c1c[c]ccc1. The molecule has 0 spiro atoms. The topological polar surface area (TPSA) is 43.6 Å². The number of tetrazole rings is 1. The molecule has 0 aliphatic rings. The molecular weight excluding hydrogens is 164 g/mol. The van der Waals surface area contributed by atoms with Gasteiger partial charge in [0.1, 0.15) is 0 Å². The van der Waals surface area contributed by atoms with Crippen LogP contribution in [0.1, 0.15) is 6.92 Å². The van der Waals surface area contributed by atoms with E-state index < -0.39 is 0 Å². The Labute approximate surface area is 76.2 Å². The van der Waals surface area contributed by atoms with Crippen molar-refractivity contribution in [3.8, 4) is 11.4 Å². The predicted octanol–water partition coefficient (Wildman–Crippen LogP) is 1.16. The molecule has 1 aromatic carbocycles. The van der Waals surface area contributed by atoms with Crippen LogP contribution in [0, 0.1) is 6.07 Å². The van der Waals surface area contributed by atoms with Gasteiger partial charge in [0.15, 0.2) is 5.82 Å². The Morgan fingerprint density at radius 1 is 1.54 bits per heavy atom. The highest BCUT2D eigenvalue weighted by Gasteiger charge is 2.05. The van der Waals surface area contributed by atoms with Gasteiger partial charge in [0.25, 0.3) is 0 Å². The summed E-state index contributed by atoms with van der Waals surface area (Å²) in [5, 5.41) is 11.4. The van der Waals surface area contributed by atoms with Crippen molar-refractivity contribution in [1.82, 2.24) is 20.2 Å². The summed E-state index contributed by atoms with van der Waals surface area (Å²) in [6, 6.07) is 10.6. The Balaban J connectivity index is 2.47. The maximum Gasteiger partial charge on any atom is 0.182 e. The number of aryl methyl sites for hydroxylation is 1. The van der Waals surface area contributed by atoms with Crippen LogP contribution in [0.15, 0.2) is 24.3 Å². The molecule has 0 aliphatic heterocycles. The van der Waals surface area contributed by atoms with E-state index in [0.717, 1.165) is 17.9 Å². The number of hydrogen-bond acceptors (Lipinski definition) is 3. The second-order valence-corrected chi connectivity index (χ2v) is 2.61. The summed E-state index contributed by atoms with van der Waals surface area (Å²) in [5.74, 6) is 0.791. The zero-order chi connectivity index (χ0) is 9.10. The fourth-order valence-corrected chi connectivity index (χ4v) is 1.16. The van der Waals surface area contributed by atoms with E-state index in [1.165, 1.54) is 0 Å². The van der Waals surface area contributed by atoms with Gasteiger partial charge in [-0.3, -0.25) is 0 Å². The van der Waals surface area contributed by atoms with Gasteiger partial charge in [-0.15, -0.1) is 5.10 Å². The molecule has 0 amide bonds. The van der Waals surface area contributed by atoms with E-state index in [0.29, 0.717) is 0 Å². The smallest absolute Gasteiger partial charge is 0.182 e. The predicted molar refractivity (Wildman–Crippen MR) is 47.8 cm³/mol. The van der Waals surface area contributed by atoms with Crippen LogP contribution >= 0.6 is 0 Å². The normalized spacial score (nSPS) is 10.2. The van der Waals surface area contributed by atoms with Crippen molar-refractivity contribution in [2.24, 2.45) is 0 Å².